The fourth-order valence-electron chi connectivity index (χ4n) is 4.87. The lowest BCUT2D eigenvalue weighted by Crippen LogP contribution is -2.46. The van der Waals surface area contributed by atoms with Crippen LogP contribution in [0.1, 0.15) is 43.2 Å². The van der Waals surface area contributed by atoms with Crippen molar-refractivity contribution in [1.29, 1.82) is 0 Å². The van der Waals surface area contributed by atoms with E-state index in [9.17, 15) is 5.11 Å². The maximum absolute atomic E-state index is 11.9. The summed E-state index contributed by atoms with van der Waals surface area (Å²) in [5, 5.41) is 11.9. The molecule has 1 atom stereocenters. The molecule has 2 aromatic rings. The molecule has 5 rings (SSSR count). The van der Waals surface area contributed by atoms with Gasteiger partial charge in [-0.15, -0.1) is 0 Å². The molecule has 1 N–H and O–H groups in total. The van der Waals surface area contributed by atoms with Crippen LogP contribution in [-0.4, -0.2) is 5.11 Å². The summed E-state index contributed by atoms with van der Waals surface area (Å²) in [5.74, 6) is 1.83. The Kier molecular flexibility index (Phi) is 3.54. The molecular formula is C21H24O. The first-order valence-corrected chi connectivity index (χ1v) is 8.62. The summed E-state index contributed by atoms with van der Waals surface area (Å²) in [6.07, 6.45) is 6.47. The monoisotopic (exact) mass is 292 g/mol. The van der Waals surface area contributed by atoms with Gasteiger partial charge in [0.2, 0.25) is 0 Å². The predicted octanol–water partition coefficient (Wildman–Crippen LogP) is 4.75. The van der Waals surface area contributed by atoms with E-state index in [1.807, 2.05) is 36.4 Å². The van der Waals surface area contributed by atoms with E-state index in [1.165, 1.54) is 32.1 Å². The van der Waals surface area contributed by atoms with E-state index in [1.54, 1.807) is 0 Å². The largest absolute Gasteiger partial charge is 0.380 e. The van der Waals surface area contributed by atoms with Gasteiger partial charge in [-0.2, -0.15) is 0 Å². The van der Waals surface area contributed by atoms with Gasteiger partial charge in [-0.25, -0.2) is 0 Å². The second-order valence-corrected chi connectivity index (χ2v) is 7.12. The molecule has 1 heteroatoms. The quantitative estimate of drug-likeness (QED) is 0.865. The van der Waals surface area contributed by atoms with Crippen molar-refractivity contribution in [3.8, 4) is 0 Å². The molecule has 3 saturated carbocycles. The highest BCUT2D eigenvalue weighted by molar-refractivity contribution is 5.37. The van der Waals surface area contributed by atoms with Crippen LogP contribution in [-0.2, 0) is 5.60 Å². The van der Waals surface area contributed by atoms with Crippen molar-refractivity contribution < 1.29 is 5.11 Å². The summed E-state index contributed by atoms with van der Waals surface area (Å²) in [4.78, 5) is 0. The van der Waals surface area contributed by atoms with Gasteiger partial charge in [0.25, 0.3) is 0 Å². The van der Waals surface area contributed by atoms with E-state index in [2.05, 4.69) is 24.3 Å². The summed E-state index contributed by atoms with van der Waals surface area (Å²) in [5.41, 5.74) is 1.27. The van der Waals surface area contributed by atoms with Crippen LogP contribution in [0.5, 0.6) is 0 Å². The van der Waals surface area contributed by atoms with E-state index in [0.717, 1.165) is 17.0 Å². The third kappa shape index (κ3) is 2.19. The fourth-order valence-corrected chi connectivity index (χ4v) is 4.87. The van der Waals surface area contributed by atoms with Gasteiger partial charge in [0.1, 0.15) is 5.60 Å². The fraction of sp³-hybridized carbons (Fsp3) is 0.429. The molecule has 3 fully saturated rings. The van der Waals surface area contributed by atoms with E-state index < -0.39 is 5.60 Å². The molecule has 0 radical (unpaired) electrons. The Bertz CT molecular complexity index is 571. The molecule has 0 spiro atoms. The zero-order valence-corrected chi connectivity index (χ0v) is 13.0. The second-order valence-electron chi connectivity index (χ2n) is 7.12. The Morgan fingerprint density at radius 1 is 0.727 bits per heavy atom. The third-order valence-corrected chi connectivity index (χ3v) is 6.01. The highest BCUT2D eigenvalue weighted by atomic mass is 16.3. The summed E-state index contributed by atoms with van der Waals surface area (Å²) >= 11 is 0. The van der Waals surface area contributed by atoms with Crippen LogP contribution in [0, 0.1) is 17.8 Å². The lowest BCUT2D eigenvalue weighted by Gasteiger charge is -2.50. The Balaban J connectivity index is 1.82. The van der Waals surface area contributed by atoms with Crippen LogP contribution in [0.2, 0.25) is 0 Å². The zero-order valence-electron chi connectivity index (χ0n) is 13.0. The van der Waals surface area contributed by atoms with Crippen molar-refractivity contribution in [3.63, 3.8) is 0 Å². The molecule has 0 aliphatic heterocycles. The van der Waals surface area contributed by atoms with E-state index in [4.69, 9.17) is 0 Å². The molecule has 0 amide bonds. The smallest absolute Gasteiger partial charge is 0.118 e. The van der Waals surface area contributed by atoms with Crippen LogP contribution in [0.25, 0.3) is 0 Å². The van der Waals surface area contributed by atoms with Crippen LogP contribution in [0.3, 0.4) is 0 Å². The first-order valence-electron chi connectivity index (χ1n) is 8.62. The number of rotatable bonds is 3. The molecule has 114 valence electrons. The number of hydrogen-bond acceptors (Lipinski definition) is 1. The second kappa shape index (κ2) is 5.55. The maximum Gasteiger partial charge on any atom is 0.118 e. The molecule has 1 unspecified atom stereocenters. The van der Waals surface area contributed by atoms with Gasteiger partial charge in [-0.3, -0.25) is 0 Å². The molecular weight excluding hydrogens is 268 g/mol. The van der Waals surface area contributed by atoms with Gasteiger partial charge >= 0.3 is 0 Å². The van der Waals surface area contributed by atoms with Gasteiger partial charge in [0.05, 0.1) is 0 Å². The molecule has 1 nitrogen and oxygen atoms in total. The van der Waals surface area contributed by atoms with Gasteiger partial charge in [-0.1, -0.05) is 73.5 Å². The predicted molar refractivity (Wildman–Crippen MR) is 89.4 cm³/mol. The topological polar surface area (TPSA) is 20.2 Å². The molecule has 0 aromatic heterocycles. The van der Waals surface area contributed by atoms with Crippen LogP contribution in [0.4, 0.5) is 0 Å². The average molecular weight is 292 g/mol. The summed E-state index contributed by atoms with van der Waals surface area (Å²) < 4.78 is 0. The van der Waals surface area contributed by atoms with E-state index >= 15 is 0 Å². The molecule has 3 aliphatic carbocycles. The van der Waals surface area contributed by atoms with Crippen molar-refractivity contribution in [2.75, 3.05) is 0 Å². The average Bonchev–Trinajstić information content (AvgIpc) is 2.63. The zero-order chi connectivity index (χ0) is 15.0. The highest BCUT2D eigenvalue weighted by Crippen LogP contribution is 2.53. The van der Waals surface area contributed by atoms with Crippen LogP contribution in [0.15, 0.2) is 60.7 Å². The number of benzene rings is 2. The van der Waals surface area contributed by atoms with Crippen molar-refractivity contribution in [3.05, 3.63) is 71.8 Å². The molecule has 2 bridgehead atoms. The molecule has 0 heterocycles. The molecule has 3 aliphatic rings. The number of aliphatic hydroxyl groups is 1. The third-order valence-electron chi connectivity index (χ3n) is 6.01. The summed E-state index contributed by atoms with van der Waals surface area (Å²) in [7, 11) is 0. The number of fused-ring (bicyclic) bond motifs is 3. The normalized spacial score (nSPS) is 27.8. The minimum Gasteiger partial charge on any atom is -0.380 e. The van der Waals surface area contributed by atoms with Gasteiger partial charge < -0.3 is 5.11 Å². The molecule has 0 saturated heterocycles. The Morgan fingerprint density at radius 3 is 1.64 bits per heavy atom. The SMILES string of the molecule is OC(c1ccccc1)(c1ccccc1)C1CC2CCC1CC2. The van der Waals surface area contributed by atoms with Crippen molar-refractivity contribution in [1.82, 2.24) is 0 Å². The minimum absolute atomic E-state index is 0.352. The molecule has 22 heavy (non-hydrogen) atoms. The maximum atomic E-state index is 11.9. The Hall–Kier alpha value is -1.60. The first kappa shape index (κ1) is 14.0. The van der Waals surface area contributed by atoms with E-state index in [0.29, 0.717) is 11.8 Å². The Labute approximate surface area is 133 Å². The summed E-state index contributed by atoms with van der Waals surface area (Å²) in [6, 6.07) is 20.6. The van der Waals surface area contributed by atoms with E-state index in [-0.39, 0.29) is 0 Å². The standard InChI is InChI=1S/C21H24O/c22-21(18-7-3-1-4-8-18,19-9-5-2-6-10-19)20-15-16-11-13-17(20)14-12-16/h1-10,16-17,20,22H,11-15H2. The molecule has 2 aromatic carbocycles. The van der Waals surface area contributed by atoms with Crippen molar-refractivity contribution in [2.24, 2.45) is 17.8 Å². The first-order chi connectivity index (χ1) is 10.8. The minimum atomic E-state index is -0.841. The summed E-state index contributed by atoms with van der Waals surface area (Å²) in [6.45, 7) is 0. The Morgan fingerprint density at radius 2 is 1.23 bits per heavy atom. The van der Waals surface area contributed by atoms with Crippen LogP contribution < -0.4 is 0 Å². The van der Waals surface area contributed by atoms with Crippen molar-refractivity contribution >= 4 is 0 Å². The van der Waals surface area contributed by atoms with Gasteiger partial charge in [0, 0.05) is 0 Å². The lowest BCUT2D eigenvalue weighted by atomic mass is 9.57. The highest BCUT2D eigenvalue weighted by Gasteiger charge is 2.48. The van der Waals surface area contributed by atoms with Crippen molar-refractivity contribution in [2.45, 2.75) is 37.7 Å². The van der Waals surface area contributed by atoms with Gasteiger partial charge in [0.15, 0.2) is 0 Å². The number of hydrogen-bond donors (Lipinski definition) is 1. The van der Waals surface area contributed by atoms with Gasteiger partial charge in [-0.05, 0) is 48.1 Å². The van der Waals surface area contributed by atoms with Crippen LogP contribution >= 0.6 is 0 Å². The lowest BCUT2D eigenvalue weighted by molar-refractivity contribution is -0.0636.